The molecule has 0 aliphatic carbocycles. The molecule has 11 heteroatoms. The molecule has 1 aliphatic rings. The summed E-state index contributed by atoms with van der Waals surface area (Å²) in [6, 6.07) is 8.34. The van der Waals surface area contributed by atoms with E-state index in [2.05, 4.69) is 9.88 Å². The number of rotatable bonds is 10. The lowest BCUT2D eigenvalue weighted by atomic mass is 9.73. The van der Waals surface area contributed by atoms with Crippen molar-refractivity contribution in [3.8, 4) is 11.5 Å². The molecule has 1 aliphatic heterocycles. The van der Waals surface area contributed by atoms with Crippen LogP contribution in [-0.2, 0) is 4.79 Å². The van der Waals surface area contributed by atoms with Gasteiger partial charge in [-0.1, -0.05) is 11.6 Å². The minimum absolute atomic E-state index is 0.113. The van der Waals surface area contributed by atoms with Crippen LogP contribution in [0.1, 0.15) is 37.4 Å². The van der Waals surface area contributed by atoms with E-state index >= 15 is 0 Å². The van der Waals surface area contributed by atoms with Crippen LogP contribution in [0.2, 0.25) is 5.02 Å². The third-order valence-electron chi connectivity index (χ3n) is 7.21. The zero-order valence-electron chi connectivity index (χ0n) is 20.9. The number of aliphatic hydroxyl groups is 1. The van der Waals surface area contributed by atoms with Crippen molar-refractivity contribution in [3.63, 3.8) is 0 Å². The number of pyridine rings is 1. The summed E-state index contributed by atoms with van der Waals surface area (Å²) in [6.45, 7) is 1.80. The van der Waals surface area contributed by atoms with E-state index in [1.54, 1.807) is 30.8 Å². The van der Waals surface area contributed by atoms with Gasteiger partial charge in [0.25, 0.3) is 0 Å². The number of hydroxylamine groups is 1. The van der Waals surface area contributed by atoms with E-state index in [0.29, 0.717) is 66.1 Å². The summed E-state index contributed by atoms with van der Waals surface area (Å²) in [7, 11) is 1.55. The quantitative estimate of drug-likeness (QED) is 0.250. The minimum atomic E-state index is -0.971. The average molecular weight is 550 g/mol. The molecule has 8 nitrogen and oxygen atoms in total. The Morgan fingerprint density at radius 1 is 1.18 bits per heavy atom. The zero-order chi connectivity index (χ0) is 27.3. The van der Waals surface area contributed by atoms with Gasteiger partial charge in [-0.25, -0.2) is 14.3 Å². The zero-order valence-corrected chi connectivity index (χ0v) is 21.7. The van der Waals surface area contributed by atoms with Gasteiger partial charge in [-0.3, -0.25) is 19.9 Å². The number of fused-ring (bicyclic) bond motifs is 1. The van der Waals surface area contributed by atoms with Gasteiger partial charge in [0, 0.05) is 41.9 Å². The third kappa shape index (κ3) is 6.32. The van der Waals surface area contributed by atoms with Gasteiger partial charge < -0.3 is 14.6 Å². The van der Waals surface area contributed by atoms with Crippen LogP contribution in [0.5, 0.6) is 11.5 Å². The maximum absolute atomic E-state index is 13.4. The molecule has 0 saturated carbocycles. The summed E-state index contributed by atoms with van der Waals surface area (Å²) in [4.78, 5) is 19.2. The highest BCUT2D eigenvalue weighted by atomic mass is 35.5. The number of carbonyl (C=O) groups is 1. The van der Waals surface area contributed by atoms with Gasteiger partial charge >= 0.3 is 0 Å². The molecular weight excluding hydrogens is 520 g/mol. The summed E-state index contributed by atoms with van der Waals surface area (Å²) < 4.78 is 37.5. The lowest BCUT2D eigenvalue weighted by Gasteiger charge is -2.40. The molecule has 0 radical (unpaired) electrons. The molecule has 1 amide bonds. The fourth-order valence-corrected chi connectivity index (χ4v) is 5.29. The number of ether oxygens (including phenoxy) is 2. The molecule has 38 heavy (non-hydrogen) atoms. The first kappa shape index (κ1) is 28.0. The van der Waals surface area contributed by atoms with Crippen molar-refractivity contribution in [1.29, 1.82) is 0 Å². The molecule has 1 saturated heterocycles. The number of hydrogen-bond donors (Lipinski definition) is 3. The molecule has 3 aromatic rings. The number of methoxy groups -OCH3 is 1. The van der Waals surface area contributed by atoms with E-state index in [0.717, 1.165) is 18.2 Å². The predicted octanol–water partition coefficient (Wildman–Crippen LogP) is 4.66. The number of nitrogens with zero attached hydrogens (tertiary/aromatic N) is 2. The van der Waals surface area contributed by atoms with Crippen LogP contribution in [0.3, 0.4) is 0 Å². The monoisotopic (exact) mass is 549 g/mol. The van der Waals surface area contributed by atoms with E-state index in [1.165, 1.54) is 6.20 Å². The Labute approximate surface area is 224 Å². The average Bonchev–Trinajstić information content (AvgIpc) is 2.91. The summed E-state index contributed by atoms with van der Waals surface area (Å²) in [5.74, 6) is -1.20. The Morgan fingerprint density at radius 3 is 2.55 bits per heavy atom. The highest BCUT2D eigenvalue weighted by Gasteiger charge is 2.41. The first-order valence-electron chi connectivity index (χ1n) is 12.3. The largest absolute Gasteiger partial charge is 0.497 e. The highest BCUT2D eigenvalue weighted by molar-refractivity contribution is 6.32. The predicted molar refractivity (Wildman–Crippen MR) is 137 cm³/mol. The Kier molecular flexibility index (Phi) is 8.99. The minimum Gasteiger partial charge on any atom is -0.497 e. The smallest absolute Gasteiger partial charge is 0.249 e. The molecule has 3 N–H and O–H groups in total. The number of amides is 1. The molecule has 1 fully saturated rings. The van der Waals surface area contributed by atoms with Crippen LogP contribution in [0.15, 0.2) is 42.6 Å². The molecule has 4 rings (SSSR count). The van der Waals surface area contributed by atoms with Gasteiger partial charge in [0.05, 0.1) is 29.2 Å². The number of benzene rings is 2. The number of hydrogen-bond acceptors (Lipinski definition) is 7. The lowest BCUT2D eigenvalue weighted by molar-refractivity contribution is -0.143. The number of halogens is 3. The molecule has 1 aromatic heterocycles. The van der Waals surface area contributed by atoms with Crippen molar-refractivity contribution < 1.29 is 33.4 Å². The Morgan fingerprint density at radius 2 is 1.89 bits per heavy atom. The Bertz CT molecular complexity index is 1270. The van der Waals surface area contributed by atoms with E-state index in [1.807, 2.05) is 0 Å². The van der Waals surface area contributed by atoms with Gasteiger partial charge in [0.1, 0.15) is 29.7 Å². The molecule has 2 heterocycles. The third-order valence-corrected chi connectivity index (χ3v) is 7.51. The van der Waals surface area contributed by atoms with E-state index in [4.69, 9.17) is 21.1 Å². The van der Waals surface area contributed by atoms with Gasteiger partial charge in [0.15, 0.2) is 0 Å². The van der Waals surface area contributed by atoms with E-state index < -0.39 is 29.1 Å². The summed E-state index contributed by atoms with van der Waals surface area (Å²) in [5.41, 5.74) is 2.08. The fourth-order valence-electron chi connectivity index (χ4n) is 5.01. The maximum Gasteiger partial charge on any atom is 0.249 e. The van der Waals surface area contributed by atoms with Crippen molar-refractivity contribution in [2.45, 2.75) is 31.8 Å². The number of likely N-dealkylation sites (tertiary alicyclic amines) is 1. The van der Waals surface area contributed by atoms with Crippen LogP contribution in [0.25, 0.3) is 10.9 Å². The van der Waals surface area contributed by atoms with Crippen molar-refractivity contribution in [1.82, 2.24) is 15.4 Å². The van der Waals surface area contributed by atoms with E-state index in [-0.39, 0.29) is 18.8 Å². The molecule has 0 spiro atoms. The molecule has 1 atom stereocenters. The number of aliphatic hydroxyl groups excluding tert-OH is 1. The first-order valence-corrected chi connectivity index (χ1v) is 12.7. The van der Waals surface area contributed by atoms with Crippen LogP contribution < -0.4 is 15.0 Å². The van der Waals surface area contributed by atoms with Crippen molar-refractivity contribution >= 4 is 28.4 Å². The second-order valence-electron chi connectivity index (χ2n) is 9.47. The van der Waals surface area contributed by atoms with Gasteiger partial charge in [-0.15, -0.1) is 0 Å². The Balaban J connectivity index is 1.39. The number of piperidine rings is 1. The van der Waals surface area contributed by atoms with Gasteiger partial charge in [-0.2, -0.15) is 0 Å². The summed E-state index contributed by atoms with van der Waals surface area (Å²) >= 11 is 6.43. The first-order chi connectivity index (χ1) is 18.2. The standard InChI is InChI=1S/C27H30ClF2N3O5/c1-37-19-2-3-23-21(15-19)25(22(28)16-31-23)24(34)4-5-27(26(35)32-36)6-8-33(9-7-27)10-11-38-20-13-17(29)12-18(30)14-20/h2-3,12-16,24,34,36H,4-11H2,1H3,(H,32,35)/t24-/m1/s1. The van der Waals surface area contributed by atoms with Crippen LogP contribution in [0, 0.1) is 17.0 Å². The van der Waals surface area contributed by atoms with Crippen molar-refractivity contribution in [2.24, 2.45) is 5.41 Å². The second kappa shape index (κ2) is 12.2. The van der Waals surface area contributed by atoms with Crippen LogP contribution in [0.4, 0.5) is 8.78 Å². The number of nitrogens with one attached hydrogen (secondary N) is 1. The van der Waals surface area contributed by atoms with Crippen molar-refractivity contribution in [3.05, 3.63) is 64.8 Å². The van der Waals surface area contributed by atoms with Gasteiger partial charge in [-0.05, 0) is 57.0 Å². The molecular formula is C27H30ClF2N3O5. The molecule has 0 unspecified atom stereocenters. The molecule has 204 valence electrons. The van der Waals surface area contributed by atoms with Gasteiger partial charge in [0.2, 0.25) is 5.91 Å². The lowest BCUT2D eigenvalue weighted by Crippen LogP contribution is -2.49. The number of carbonyl (C=O) groups excluding carboxylic acids is 1. The molecule has 0 bridgehead atoms. The normalized spacial score (nSPS) is 16.3. The van der Waals surface area contributed by atoms with E-state index in [9.17, 15) is 23.9 Å². The van der Waals surface area contributed by atoms with Crippen LogP contribution in [-0.4, -0.2) is 59.5 Å². The maximum atomic E-state index is 13.4. The fraction of sp³-hybridized carbons (Fsp3) is 0.407. The topological polar surface area (TPSA) is 104 Å². The Hall–Kier alpha value is -3.05. The van der Waals surface area contributed by atoms with Crippen molar-refractivity contribution in [2.75, 3.05) is 33.4 Å². The SMILES string of the molecule is COc1ccc2ncc(Cl)c([C@H](O)CCC3(C(=O)NO)CCN(CCOc4cc(F)cc(F)c4)CC3)c2c1. The van der Waals surface area contributed by atoms with Crippen LogP contribution >= 0.6 is 11.6 Å². The number of aromatic nitrogens is 1. The second-order valence-corrected chi connectivity index (χ2v) is 9.88. The molecule has 2 aromatic carbocycles. The summed E-state index contributed by atoms with van der Waals surface area (Å²) in [6.07, 6.45) is 1.96. The highest BCUT2D eigenvalue weighted by Crippen LogP contribution is 2.41. The summed E-state index contributed by atoms with van der Waals surface area (Å²) in [5, 5.41) is 21.6.